The molecule has 5 heteroatoms. The van der Waals surface area contributed by atoms with E-state index in [0.717, 1.165) is 32.7 Å². The monoisotopic (exact) mass is 417 g/mol. The number of anilines is 1. The van der Waals surface area contributed by atoms with Crippen molar-refractivity contribution in [1.82, 2.24) is 0 Å². The maximum Gasteiger partial charge on any atom is 0.264 e. The molecule has 1 aliphatic heterocycles. The van der Waals surface area contributed by atoms with Gasteiger partial charge in [-0.2, -0.15) is 0 Å². The molecular formula is C24H19NO2S2. The first-order valence-electron chi connectivity index (χ1n) is 9.37. The van der Waals surface area contributed by atoms with Crippen molar-refractivity contribution in [2.45, 2.75) is 16.3 Å². The summed E-state index contributed by atoms with van der Waals surface area (Å²) in [5.74, 6) is 0. The van der Waals surface area contributed by atoms with Crippen molar-refractivity contribution in [3.8, 4) is 11.1 Å². The molecule has 0 radical (unpaired) electrons. The molecule has 0 bridgehead atoms. The molecule has 144 valence electrons. The first-order chi connectivity index (χ1) is 14.1. The van der Waals surface area contributed by atoms with Crippen LogP contribution < -0.4 is 4.31 Å². The molecule has 0 saturated heterocycles. The summed E-state index contributed by atoms with van der Waals surface area (Å²) in [7, 11) is -3.67. The Morgan fingerprint density at radius 3 is 2.31 bits per heavy atom. The van der Waals surface area contributed by atoms with Crippen LogP contribution in [0.1, 0.15) is 5.56 Å². The molecule has 0 spiro atoms. The predicted octanol–water partition coefficient (Wildman–Crippen LogP) is 5.94. The average Bonchev–Trinajstić information content (AvgIpc) is 2.77. The van der Waals surface area contributed by atoms with E-state index in [4.69, 9.17) is 0 Å². The van der Waals surface area contributed by atoms with Crippen LogP contribution in [0.2, 0.25) is 0 Å². The number of nitrogens with zero attached hydrogens (tertiary/aromatic N) is 1. The second kappa shape index (κ2) is 6.94. The van der Waals surface area contributed by atoms with E-state index >= 15 is 0 Å². The molecule has 1 heterocycles. The Kier molecular flexibility index (Phi) is 4.37. The van der Waals surface area contributed by atoms with Crippen molar-refractivity contribution in [3.05, 3.63) is 90.5 Å². The van der Waals surface area contributed by atoms with Gasteiger partial charge in [-0.3, -0.25) is 4.31 Å². The molecule has 3 nitrogen and oxygen atoms in total. The molecule has 0 amide bonds. The fraction of sp³-hybridized carbons (Fsp3) is 0.0833. The lowest BCUT2D eigenvalue weighted by molar-refractivity contribution is 0.590. The Morgan fingerprint density at radius 1 is 0.828 bits per heavy atom. The standard InChI is InChI=1S/C24H19NO2S2/c1-28-24-19-12-6-5-9-17(19)15-21-20-13-7-8-14-23(20)25(16-22(21)24)29(26,27)18-10-3-2-4-11-18/h2-15H,16H2,1H3. The predicted molar refractivity (Wildman–Crippen MR) is 121 cm³/mol. The molecular weight excluding hydrogens is 398 g/mol. The van der Waals surface area contributed by atoms with Gasteiger partial charge in [0.25, 0.3) is 10.0 Å². The van der Waals surface area contributed by atoms with Crippen LogP contribution in [-0.4, -0.2) is 14.7 Å². The van der Waals surface area contributed by atoms with E-state index < -0.39 is 10.0 Å². The molecule has 0 atom stereocenters. The maximum absolute atomic E-state index is 13.5. The van der Waals surface area contributed by atoms with Crippen molar-refractivity contribution in [2.75, 3.05) is 10.6 Å². The molecule has 0 fully saturated rings. The third-order valence-electron chi connectivity index (χ3n) is 5.40. The number of rotatable bonds is 3. The highest BCUT2D eigenvalue weighted by Crippen LogP contribution is 2.46. The Balaban J connectivity index is 1.80. The van der Waals surface area contributed by atoms with E-state index in [2.05, 4.69) is 24.5 Å². The zero-order valence-corrected chi connectivity index (χ0v) is 17.5. The minimum absolute atomic E-state index is 0.310. The van der Waals surface area contributed by atoms with Crippen molar-refractivity contribution in [2.24, 2.45) is 0 Å². The Morgan fingerprint density at radius 2 is 1.52 bits per heavy atom. The molecule has 29 heavy (non-hydrogen) atoms. The van der Waals surface area contributed by atoms with E-state index in [1.807, 2.05) is 42.5 Å². The number of hydrogen-bond donors (Lipinski definition) is 0. The maximum atomic E-state index is 13.5. The lowest BCUT2D eigenvalue weighted by Crippen LogP contribution is -2.33. The second-order valence-corrected chi connectivity index (χ2v) is 9.68. The zero-order valence-electron chi connectivity index (χ0n) is 15.9. The molecule has 1 aliphatic rings. The van der Waals surface area contributed by atoms with Gasteiger partial charge in [-0.05, 0) is 52.4 Å². The van der Waals surface area contributed by atoms with Crippen LogP contribution in [0.5, 0.6) is 0 Å². The number of thioether (sulfide) groups is 1. The smallest absolute Gasteiger partial charge is 0.261 e. The van der Waals surface area contributed by atoms with Gasteiger partial charge in [-0.1, -0.05) is 60.7 Å². The number of para-hydroxylation sites is 1. The van der Waals surface area contributed by atoms with E-state index in [-0.39, 0.29) is 0 Å². The molecule has 0 N–H and O–H groups in total. The highest BCUT2D eigenvalue weighted by atomic mass is 32.2. The lowest BCUT2D eigenvalue weighted by atomic mass is 9.91. The Hall–Kier alpha value is -2.76. The molecule has 0 aromatic heterocycles. The molecule has 0 saturated carbocycles. The third kappa shape index (κ3) is 2.84. The average molecular weight is 418 g/mol. The normalized spacial score (nSPS) is 13.2. The summed E-state index contributed by atoms with van der Waals surface area (Å²) >= 11 is 1.67. The molecule has 4 aromatic carbocycles. The topological polar surface area (TPSA) is 37.4 Å². The summed E-state index contributed by atoms with van der Waals surface area (Å²) < 4.78 is 28.6. The number of sulfonamides is 1. The Bertz CT molecular complexity index is 1330. The summed E-state index contributed by atoms with van der Waals surface area (Å²) in [6.07, 6.45) is 2.05. The van der Waals surface area contributed by atoms with E-state index in [9.17, 15) is 8.42 Å². The molecule has 5 rings (SSSR count). The van der Waals surface area contributed by atoms with Crippen LogP contribution in [0.25, 0.3) is 21.9 Å². The van der Waals surface area contributed by atoms with Crippen LogP contribution in [0.3, 0.4) is 0 Å². The summed E-state index contributed by atoms with van der Waals surface area (Å²) in [4.78, 5) is 1.45. The van der Waals surface area contributed by atoms with Gasteiger partial charge in [0.15, 0.2) is 0 Å². The highest BCUT2D eigenvalue weighted by molar-refractivity contribution is 7.99. The van der Waals surface area contributed by atoms with Crippen LogP contribution in [-0.2, 0) is 16.6 Å². The molecule has 0 unspecified atom stereocenters. The second-order valence-electron chi connectivity index (χ2n) is 7.00. The van der Waals surface area contributed by atoms with Crippen molar-refractivity contribution >= 4 is 38.2 Å². The van der Waals surface area contributed by atoms with Crippen molar-refractivity contribution in [1.29, 1.82) is 0 Å². The van der Waals surface area contributed by atoms with Gasteiger partial charge >= 0.3 is 0 Å². The first-order valence-corrected chi connectivity index (χ1v) is 12.0. The zero-order chi connectivity index (χ0) is 20.0. The minimum atomic E-state index is -3.67. The van der Waals surface area contributed by atoms with Gasteiger partial charge in [0, 0.05) is 10.5 Å². The van der Waals surface area contributed by atoms with Crippen molar-refractivity contribution < 1.29 is 8.42 Å². The van der Waals surface area contributed by atoms with Crippen LogP contribution in [0.15, 0.2) is 94.7 Å². The summed E-state index contributed by atoms with van der Waals surface area (Å²) in [6.45, 7) is 0.324. The highest BCUT2D eigenvalue weighted by Gasteiger charge is 2.33. The van der Waals surface area contributed by atoms with Crippen LogP contribution >= 0.6 is 11.8 Å². The number of hydrogen-bond acceptors (Lipinski definition) is 3. The van der Waals surface area contributed by atoms with E-state index in [1.54, 1.807) is 40.3 Å². The minimum Gasteiger partial charge on any atom is -0.261 e. The van der Waals surface area contributed by atoms with Gasteiger partial charge in [0.2, 0.25) is 0 Å². The van der Waals surface area contributed by atoms with Gasteiger partial charge < -0.3 is 0 Å². The summed E-state index contributed by atoms with van der Waals surface area (Å²) in [6, 6.07) is 26.9. The SMILES string of the molecule is CSc1c2c(cc3ccccc13)-c1ccccc1N(S(=O)(=O)c1ccccc1)C2. The summed E-state index contributed by atoms with van der Waals surface area (Å²) in [5, 5.41) is 2.33. The quantitative estimate of drug-likeness (QED) is 0.387. The van der Waals surface area contributed by atoms with Gasteiger partial charge in [0.05, 0.1) is 17.1 Å². The lowest BCUT2D eigenvalue weighted by Gasteiger charge is -2.33. The number of fused-ring (bicyclic) bond motifs is 4. The fourth-order valence-electron chi connectivity index (χ4n) is 4.07. The van der Waals surface area contributed by atoms with E-state index in [1.165, 1.54) is 5.39 Å². The van der Waals surface area contributed by atoms with Gasteiger partial charge in [0.1, 0.15) is 0 Å². The largest absolute Gasteiger partial charge is 0.264 e. The first kappa shape index (κ1) is 18.3. The van der Waals surface area contributed by atoms with Gasteiger partial charge in [-0.15, -0.1) is 11.8 Å². The fourth-order valence-corrected chi connectivity index (χ4v) is 6.37. The van der Waals surface area contributed by atoms with Crippen LogP contribution in [0, 0.1) is 0 Å². The van der Waals surface area contributed by atoms with E-state index in [0.29, 0.717) is 11.4 Å². The van der Waals surface area contributed by atoms with Gasteiger partial charge in [-0.25, -0.2) is 8.42 Å². The molecule has 4 aromatic rings. The van der Waals surface area contributed by atoms with Crippen molar-refractivity contribution in [3.63, 3.8) is 0 Å². The van der Waals surface area contributed by atoms with Crippen LogP contribution in [0.4, 0.5) is 5.69 Å². The molecule has 0 aliphatic carbocycles. The number of benzene rings is 4. The summed E-state index contributed by atoms with van der Waals surface area (Å²) in [5.41, 5.74) is 3.86. The third-order valence-corrected chi connectivity index (χ3v) is 8.05. The Labute approximate surface area is 175 Å².